The number of pyridine rings is 3. The summed E-state index contributed by atoms with van der Waals surface area (Å²) >= 11 is 9.89. The van der Waals surface area contributed by atoms with Crippen molar-refractivity contribution in [1.82, 2.24) is 19.9 Å². The first-order valence-electron chi connectivity index (χ1n) is 27.5. The monoisotopic (exact) mass is 1410 g/mol. The van der Waals surface area contributed by atoms with Crippen LogP contribution in [0.15, 0.2) is 224 Å². The molecule has 1 aliphatic heterocycles. The normalized spacial score (nSPS) is 11.7. The van der Waals surface area contributed by atoms with E-state index in [2.05, 4.69) is 110 Å². The molecule has 3 aromatic heterocycles. The number of hydrogen-bond donors (Lipinski definition) is 10. The highest BCUT2D eigenvalue weighted by atomic mass is 79.9. The number of aromatic nitrogens is 3. The first kappa shape index (κ1) is 66.0. The van der Waals surface area contributed by atoms with Gasteiger partial charge in [0.1, 0.15) is 30.4 Å². The number of amidine groups is 3. The Morgan fingerprint density at radius 3 is 1.05 bits per heavy atom. The number of amides is 6. The van der Waals surface area contributed by atoms with Crippen molar-refractivity contribution in [3.8, 4) is 0 Å². The number of hydrogen-bond acceptors (Lipinski definition) is 14. The highest BCUT2D eigenvalue weighted by molar-refractivity contribution is 9.11. The van der Waals surface area contributed by atoms with Gasteiger partial charge in [0.25, 0.3) is 35.4 Å². The van der Waals surface area contributed by atoms with Gasteiger partial charge in [-0.3, -0.25) is 34.2 Å². The molecular weight excluding hydrogens is 1360 g/mol. The lowest BCUT2D eigenvalue weighted by molar-refractivity contribution is 0.101. The first-order chi connectivity index (χ1) is 44.0. The molecule has 23 nitrogen and oxygen atoms in total. The van der Waals surface area contributed by atoms with Gasteiger partial charge in [-0.25, -0.2) is 15.0 Å². The van der Waals surface area contributed by atoms with Crippen molar-refractivity contribution in [3.63, 3.8) is 0 Å². The Morgan fingerprint density at radius 2 is 0.747 bits per heavy atom. The van der Waals surface area contributed by atoms with Gasteiger partial charge in [-0.05, 0) is 170 Å². The van der Waals surface area contributed by atoms with Crippen molar-refractivity contribution in [3.05, 3.63) is 264 Å². The van der Waals surface area contributed by atoms with E-state index in [0.29, 0.717) is 84.9 Å². The number of anilines is 6. The van der Waals surface area contributed by atoms with E-state index >= 15 is 0 Å². The minimum absolute atomic E-state index is 0.0551. The fraction of sp³-hybridized carbons (Fsp3) is 0.0769. The lowest BCUT2D eigenvalue weighted by atomic mass is 10.1. The van der Waals surface area contributed by atoms with Crippen LogP contribution in [0.2, 0.25) is 0 Å². The van der Waals surface area contributed by atoms with Crippen LogP contribution in [0.1, 0.15) is 91.7 Å². The van der Waals surface area contributed by atoms with Crippen molar-refractivity contribution >= 4 is 135 Å². The number of carbonyl (C=O) groups is 6. The lowest BCUT2D eigenvalue weighted by Gasteiger charge is -2.18. The average Bonchev–Trinajstić information content (AvgIpc) is 2.68. The smallest absolute Gasteiger partial charge is 0.258 e. The third-order valence-electron chi connectivity index (χ3n) is 13.2. The van der Waals surface area contributed by atoms with E-state index in [0.717, 1.165) is 44.9 Å². The molecule has 9 aromatic rings. The molecule has 0 saturated carbocycles. The molecule has 0 bridgehead atoms. The van der Waals surface area contributed by atoms with Crippen LogP contribution < -0.4 is 43.4 Å². The van der Waals surface area contributed by atoms with Gasteiger partial charge in [0.15, 0.2) is 11.7 Å². The zero-order valence-electron chi connectivity index (χ0n) is 48.2. The Labute approximate surface area is 546 Å². The predicted octanol–water partition coefficient (Wildman–Crippen LogP) is 11.8. The van der Waals surface area contributed by atoms with Crippen LogP contribution in [0.4, 0.5) is 34.5 Å². The number of halogens is 3. The van der Waals surface area contributed by atoms with E-state index in [1.807, 2.05) is 4.90 Å². The average molecular weight is 1410 g/mol. The van der Waals surface area contributed by atoms with Crippen LogP contribution in [0.5, 0.6) is 0 Å². The molecule has 1 aliphatic rings. The molecule has 1 saturated heterocycles. The van der Waals surface area contributed by atoms with Crippen LogP contribution in [0, 0.1) is 5.41 Å². The summed E-state index contributed by atoms with van der Waals surface area (Å²) in [4.78, 5) is 95.1. The second kappa shape index (κ2) is 32.3. The molecule has 460 valence electrons. The minimum Gasteiger partial charge on any atom is -0.409 e. The zero-order valence-corrected chi connectivity index (χ0v) is 52.9. The second-order valence-corrected chi connectivity index (χ2v) is 22.1. The Bertz CT molecular complexity index is 4140. The van der Waals surface area contributed by atoms with E-state index in [1.165, 1.54) is 19.2 Å². The van der Waals surface area contributed by atoms with Crippen molar-refractivity contribution < 1.29 is 38.8 Å². The van der Waals surface area contributed by atoms with E-state index in [-0.39, 0.29) is 35.3 Å². The van der Waals surface area contributed by atoms with Crippen LogP contribution in [0.3, 0.4) is 0 Å². The highest BCUT2D eigenvalue weighted by Crippen LogP contribution is 2.24. The fourth-order valence-corrected chi connectivity index (χ4v) is 9.25. The molecule has 0 spiro atoms. The van der Waals surface area contributed by atoms with Gasteiger partial charge in [-0.2, -0.15) is 0 Å². The summed E-state index contributed by atoms with van der Waals surface area (Å²) in [5.41, 5.74) is 16.4. The summed E-state index contributed by atoms with van der Waals surface area (Å²) in [7, 11) is 1.40. The van der Waals surface area contributed by atoms with Crippen LogP contribution in [-0.4, -0.2) is 98.2 Å². The quantitative estimate of drug-likeness (QED) is 0.0186. The molecular formula is C65H56Br3N15O8. The van der Waals surface area contributed by atoms with Gasteiger partial charge in [0.2, 0.25) is 0 Å². The largest absolute Gasteiger partial charge is 0.409 e. The second-order valence-electron chi connectivity index (χ2n) is 19.4. The molecule has 1 fully saturated rings. The van der Waals surface area contributed by atoms with Crippen molar-refractivity contribution in [2.24, 2.45) is 21.8 Å². The molecule has 26 heteroatoms. The number of oxime groups is 2. The Morgan fingerprint density at radius 1 is 0.440 bits per heavy atom. The van der Waals surface area contributed by atoms with Gasteiger partial charge >= 0.3 is 0 Å². The van der Waals surface area contributed by atoms with E-state index in [1.54, 1.807) is 188 Å². The number of para-hydroxylation sites is 3. The molecule has 0 radical (unpaired) electrons. The number of nitrogens with two attached hydrogens (primary N) is 2. The maximum Gasteiger partial charge on any atom is 0.258 e. The lowest BCUT2D eigenvalue weighted by Crippen LogP contribution is -2.27. The third-order valence-corrected chi connectivity index (χ3v) is 14.6. The summed E-state index contributed by atoms with van der Waals surface area (Å²) in [6.45, 7) is 1.80. The maximum absolute atomic E-state index is 12.8. The van der Waals surface area contributed by atoms with Crippen molar-refractivity contribution in [2.45, 2.75) is 12.8 Å². The molecule has 4 heterocycles. The van der Waals surface area contributed by atoms with Gasteiger partial charge in [-0.15, -0.1) is 0 Å². The van der Waals surface area contributed by atoms with Gasteiger partial charge < -0.3 is 58.3 Å². The van der Waals surface area contributed by atoms with Crippen molar-refractivity contribution in [2.75, 3.05) is 52.1 Å². The molecule has 6 amide bonds. The number of nitrogens with zero attached hydrogens (tertiary/aromatic N) is 6. The third kappa shape index (κ3) is 18.8. The van der Waals surface area contributed by atoms with E-state index < -0.39 is 11.8 Å². The molecule has 0 unspecified atom stereocenters. The Hall–Kier alpha value is -11.0. The number of carbonyl (C=O) groups excluding carboxylic acids is 6. The topological polar surface area (TPSA) is 347 Å². The predicted molar refractivity (Wildman–Crippen MR) is 360 cm³/mol. The van der Waals surface area contributed by atoms with Gasteiger partial charge in [-0.1, -0.05) is 83.1 Å². The zero-order chi connectivity index (χ0) is 64.8. The van der Waals surface area contributed by atoms with E-state index in [4.69, 9.17) is 22.1 Å². The molecule has 10 rings (SSSR count). The Kier molecular flexibility index (Phi) is 23.4. The number of likely N-dealkylation sites (tertiary alicyclic amines) is 1. The summed E-state index contributed by atoms with van der Waals surface area (Å²) in [6.07, 6.45) is 6.95. The number of rotatable bonds is 16. The summed E-state index contributed by atoms with van der Waals surface area (Å²) in [5.74, 6) is -0.437. The summed E-state index contributed by atoms with van der Waals surface area (Å²) < 4.78 is 2.40. The standard InChI is InChI=1S/C24H22BrN5O2.C21H18BrN5O3.C20H16BrN5O3/c25-18-11-12-21(27-15-18)29-24(32)19-5-1-2-6-20(19)28-23(31)17-9-7-16(8-10-17)22(26)30-13-3-4-14-30;1-30-27-19(23)13-6-8-14(9-7-13)20(28)25-17-5-3-2-4-16(17)21(29)26-18-11-10-15(22)12-24-18;21-14-9-10-17(23-11-14)25-20(28)15-3-1-2-4-16(15)24-19(27)13-7-5-12(6-8-13)18(22)26-29/h1-2,5-12,15,26H,3-4,13-14H2,(H,28,31)(H,27,29,32);2-12H,1H3,(H2,23,27)(H,25,28)(H,24,26,29);1-11,29H,(H2,22,26)(H,24,27)(H,23,25,28). The molecule has 12 N–H and O–H groups in total. The molecule has 6 aromatic carbocycles. The van der Waals surface area contributed by atoms with Crippen LogP contribution >= 0.6 is 47.8 Å². The molecule has 91 heavy (non-hydrogen) atoms. The number of nitrogens with one attached hydrogen (secondary N) is 7. The molecule has 0 aliphatic carbocycles. The number of benzene rings is 6. The molecule has 0 atom stereocenters. The summed E-state index contributed by atoms with van der Waals surface area (Å²) in [5, 5.41) is 40.0. The van der Waals surface area contributed by atoms with E-state index in [9.17, 15) is 28.8 Å². The fourth-order valence-electron chi connectivity index (χ4n) is 8.55. The maximum atomic E-state index is 12.8. The highest BCUT2D eigenvalue weighted by Gasteiger charge is 2.20. The van der Waals surface area contributed by atoms with Crippen LogP contribution in [-0.2, 0) is 4.84 Å². The SMILES string of the molecule is CON=C(N)c1ccc(C(=O)Nc2ccccc2C(=O)Nc2ccc(Br)cn2)cc1.N=C(c1ccc(C(=O)Nc2ccccc2C(=O)Nc2ccc(Br)cn2)cc1)N1CCCC1.NC(=NO)c1ccc(C(=O)Nc2ccccc2C(=O)Nc2ccc(Br)cn2)cc1. The summed E-state index contributed by atoms with van der Waals surface area (Å²) in [6, 6.07) is 50.2. The van der Waals surface area contributed by atoms with Gasteiger partial charge in [0.05, 0.1) is 33.8 Å². The van der Waals surface area contributed by atoms with Crippen LogP contribution in [0.25, 0.3) is 0 Å². The van der Waals surface area contributed by atoms with Gasteiger partial charge in [0, 0.05) is 78.5 Å². The van der Waals surface area contributed by atoms with Crippen molar-refractivity contribution in [1.29, 1.82) is 5.41 Å². The first-order valence-corrected chi connectivity index (χ1v) is 29.8. The Balaban J connectivity index is 0.000000176. The minimum atomic E-state index is -0.405.